The predicted molar refractivity (Wildman–Crippen MR) is 103 cm³/mol. The highest BCUT2D eigenvalue weighted by atomic mass is 32.2. The molecule has 2 amide bonds. The van der Waals surface area contributed by atoms with E-state index in [2.05, 4.69) is 10.6 Å². The third-order valence-corrected chi connectivity index (χ3v) is 4.63. The molecular weight excluding hydrogens is 334 g/mol. The number of nitrogens with one attached hydrogen (secondary N) is 2. The average Bonchev–Trinajstić information content (AvgIpc) is 2.62. The van der Waals surface area contributed by atoms with Gasteiger partial charge in [-0.25, -0.2) is 0 Å². The Hall–Kier alpha value is -2.31. The van der Waals surface area contributed by atoms with E-state index in [1.165, 1.54) is 11.8 Å². The fourth-order valence-electron chi connectivity index (χ4n) is 2.12. The van der Waals surface area contributed by atoms with E-state index in [0.717, 1.165) is 16.1 Å². The van der Waals surface area contributed by atoms with Crippen molar-refractivity contribution < 1.29 is 9.59 Å². The van der Waals surface area contributed by atoms with Crippen molar-refractivity contribution in [1.29, 1.82) is 0 Å². The van der Waals surface area contributed by atoms with Crippen molar-refractivity contribution in [3.05, 3.63) is 59.7 Å². The molecule has 25 heavy (non-hydrogen) atoms. The van der Waals surface area contributed by atoms with Crippen molar-refractivity contribution in [1.82, 2.24) is 5.32 Å². The highest BCUT2D eigenvalue weighted by Crippen LogP contribution is 2.23. The Morgan fingerprint density at radius 2 is 1.80 bits per heavy atom. The Kier molecular flexibility index (Phi) is 7.03. The van der Waals surface area contributed by atoms with E-state index in [1.54, 1.807) is 12.1 Å². The summed E-state index contributed by atoms with van der Waals surface area (Å²) in [6.07, 6.45) is 0. The minimum absolute atomic E-state index is 0.101. The number of thioether (sulfide) groups is 1. The van der Waals surface area contributed by atoms with Gasteiger partial charge in [0.1, 0.15) is 0 Å². The van der Waals surface area contributed by atoms with Gasteiger partial charge in [-0.1, -0.05) is 29.8 Å². The van der Waals surface area contributed by atoms with Crippen molar-refractivity contribution >= 4 is 29.3 Å². The monoisotopic (exact) mass is 357 g/mol. The molecule has 0 aliphatic carbocycles. The minimum atomic E-state index is -0.181. The van der Waals surface area contributed by atoms with Crippen LogP contribution in [0.25, 0.3) is 0 Å². The van der Waals surface area contributed by atoms with Gasteiger partial charge in [0.15, 0.2) is 0 Å². The van der Waals surface area contributed by atoms with Gasteiger partial charge < -0.3 is 16.4 Å². The molecule has 4 N–H and O–H groups in total. The molecule has 132 valence electrons. The Bertz CT molecular complexity index is 732. The Balaban J connectivity index is 1.97. The number of aryl methyl sites for hydroxylation is 1. The molecule has 0 saturated carbocycles. The number of hydrogen-bond acceptors (Lipinski definition) is 4. The maximum atomic E-state index is 12.3. The van der Waals surface area contributed by atoms with Gasteiger partial charge in [0.25, 0.3) is 5.91 Å². The van der Waals surface area contributed by atoms with Crippen molar-refractivity contribution in [2.24, 2.45) is 5.73 Å². The summed E-state index contributed by atoms with van der Waals surface area (Å²) in [6.45, 7) is 4.22. The molecule has 0 aliphatic heterocycles. The van der Waals surface area contributed by atoms with Crippen LogP contribution in [0.1, 0.15) is 22.8 Å². The first kappa shape index (κ1) is 19.0. The quantitative estimate of drug-likeness (QED) is 0.665. The molecule has 0 spiro atoms. The van der Waals surface area contributed by atoms with Crippen LogP contribution in [0.4, 0.5) is 5.69 Å². The molecule has 6 heteroatoms. The lowest BCUT2D eigenvalue weighted by molar-refractivity contribution is -0.113. The smallest absolute Gasteiger partial charge is 0.252 e. The molecular formula is C19H23N3O2S. The second-order valence-corrected chi connectivity index (χ2v) is 6.83. The Labute approximate surface area is 152 Å². The fourth-order valence-corrected chi connectivity index (χ4v) is 2.97. The summed E-state index contributed by atoms with van der Waals surface area (Å²) in [5.41, 5.74) is 8.00. The highest BCUT2D eigenvalue weighted by Gasteiger charge is 2.14. The largest absolute Gasteiger partial charge is 0.348 e. The summed E-state index contributed by atoms with van der Waals surface area (Å²) in [4.78, 5) is 25.2. The van der Waals surface area contributed by atoms with Crippen LogP contribution >= 0.6 is 11.8 Å². The maximum Gasteiger partial charge on any atom is 0.252 e. The summed E-state index contributed by atoms with van der Waals surface area (Å²) in [6, 6.07) is 14.8. The second kappa shape index (κ2) is 9.25. The van der Waals surface area contributed by atoms with Crippen molar-refractivity contribution in [2.75, 3.05) is 17.6 Å². The molecule has 0 aromatic heterocycles. The number of carbonyl (C=O) groups is 2. The number of amides is 2. The lowest BCUT2D eigenvalue weighted by Crippen LogP contribution is -2.38. The van der Waals surface area contributed by atoms with E-state index in [4.69, 9.17) is 5.73 Å². The van der Waals surface area contributed by atoms with Crippen LogP contribution in [-0.2, 0) is 4.79 Å². The van der Waals surface area contributed by atoms with E-state index in [-0.39, 0.29) is 23.6 Å². The maximum absolute atomic E-state index is 12.3. The van der Waals surface area contributed by atoms with E-state index in [0.29, 0.717) is 12.1 Å². The summed E-state index contributed by atoms with van der Waals surface area (Å²) in [5, 5.41) is 5.69. The standard InChI is InChI=1S/C19H23N3O2S/c1-13-7-9-15(10-8-13)22-18(23)12-25-17-6-4-3-5-16(17)19(24)21-14(2)11-20/h3-10,14H,11-12,20H2,1-2H3,(H,21,24)(H,22,23)/t14-/m0/s1. The van der Waals surface area contributed by atoms with Gasteiger partial charge >= 0.3 is 0 Å². The fraction of sp³-hybridized carbons (Fsp3) is 0.263. The van der Waals surface area contributed by atoms with Crippen LogP contribution in [0.2, 0.25) is 0 Å². The molecule has 2 aromatic carbocycles. The zero-order chi connectivity index (χ0) is 18.2. The molecule has 0 aliphatic rings. The summed E-state index contributed by atoms with van der Waals surface area (Å²) in [5.74, 6) is -0.0654. The average molecular weight is 357 g/mol. The Morgan fingerprint density at radius 1 is 1.12 bits per heavy atom. The molecule has 1 atom stereocenters. The first-order valence-corrected chi connectivity index (χ1v) is 9.07. The summed E-state index contributed by atoms with van der Waals surface area (Å²) >= 11 is 1.34. The van der Waals surface area contributed by atoms with E-state index in [9.17, 15) is 9.59 Å². The number of benzene rings is 2. The van der Waals surface area contributed by atoms with Gasteiger partial charge in [0.2, 0.25) is 5.91 Å². The zero-order valence-electron chi connectivity index (χ0n) is 14.4. The first-order chi connectivity index (χ1) is 12.0. The lowest BCUT2D eigenvalue weighted by atomic mass is 10.2. The third-order valence-electron chi connectivity index (χ3n) is 3.56. The van der Waals surface area contributed by atoms with Crippen LogP contribution in [0.15, 0.2) is 53.4 Å². The number of rotatable bonds is 7. The van der Waals surface area contributed by atoms with E-state index >= 15 is 0 Å². The highest BCUT2D eigenvalue weighted by molar-refractivity contribution is 8.00. The van der Waals surface area contributed by atoms with Gasteiger partial charge in [0.05, 0.1) is 11.3 Å². The normalized spacial score (nSPS) is 11.6. The van der Waals surface area contributed by atoms with Crippen LogP contribution in [-0.4, -0.2) is 30.2 Å². The summed E-state index contributed by atoms with van der Waals surface area (Å²) < 4.78 is 0. The molecule has 0 radical (unpaired) electrons. The van der Waals surface area contributed by atoms with Gasteiger partial charge in [0, 0.05) is 23.2 Å². The third kappa shape index (κ3) is 5.92. The predicted octanol–water partition coefficient (Wildman–Crippen LogP) is 2.80. The summed E-state index contributed by atoms with van der Waals surface area (Å²) in [7, 11) is 0. The second-order valence-electron chi connectivity index (χ2n) is 5.81. The lowest BCUT2D eigenvalue weighted by Gasteiger charge is -2.13. The molecule has 0 unspecified atom stereocenters. The van der Waals surface area contributed by atoms with Gasteiger partial charge in [-0.15, -0.1) is 11.8 Å². The first-order valence-electron chi connectivity index (χ1n) is 8.09. The molecule has 5 nitrogen and oxygen atoms in total. The van der Waals surface area contributed by atoms with E-state index < -0.39 is 0 Å². The number of hydrogen-bond donors (Lipinski definition) is 3. The van der Waals surface area contributed by atoms with Crippen molar-refractivity contribution in [3.8, 4) is 0 Å². The van der Waals surface area contributed by atoms with Gasteiger partial charge in [-0.3, -0.25) is 9.59 Å². The van der Waals surface area contributed by atoms with E-state index in [1.807, 2.05) is 50.2 Å². The van der Waals surface area contributed by atoms with Crippen LogP contribution in [0.3, 0.4) is 0 Å². The number of anilines is 1. The van der Waals surface area contributed by atoms with Gasteiger partial charge in [-0.05, 0) is 38.1 Å². The van der Waals surface area contributed by atoms with Crippen molar-refractivity contribution in [3.63, 3.8) is 0 Å². The minimum Gasteiger partial charge on any atom is -0.348 e. The number of nitrogens with two attached hydrogens (primary N) is 1. The molecule has 0 bridgehead atoms. The topological polar surface area (TPSA) is 84.2 Å². The van der Waals surface area contributed by atoms with Gasteiger partial charge in [-0.2, -0.15) is 0 Å². The zero-order valence-corrected chi connectivity index (χ0v) is 15.2. The Morgan fingerprint density at radius 3 is 2.48 bits per heavy atom. The molecule has 2 rings (SSSR count). The molecule has 0 fully saturated rings. The van der Waals surface area contributed by atoms with Crippen LogP contribution < -0.4 is 16.4 Å². The molecule has 2 aromatic rings. The van der Waals surface area contributed by atoms with Crippen LogP contribution in [0, 0.1) is 6.92 Å². The van der Waals surface area contributed by atoms with Crippen molar-refractivity contribution in [2.45, 2.75) is 24.8 Å². The SMILES string of the molecule is Cc1ccc(NC(=O)CSc2ccccc2C(=O)N[C@@H](C)CN)cc1. The number of carbonyl (C=O) groups excluding carboxylic acids is 2. The molecule has 0 heterocycles. The van der Waals surface area contributed by atoms with Crippen LogP contribution in [0.5, 0.6) is 0 Å². The molecule has 0 saturated heterocycles.